The maximum Gasteiger partial charge on any atom is 1.00 e. The van der Waals surface area contributed by atoms with Gasteiger partial charge in [0.05, 0.1) is 6.61 Å². The predicted molar refractivity (Wildman–Crippen MR) is 169 cm³/mol. The van der Waals surface area contributed by atoms with Crippen LogP contribution in [-0.2, 0) is 14.6 Å². The van der Waals surface area contributed by atoms with Crippen LogP contribution in [0.3, 0.4) is 0 Å². The average molecular weight is 595 g/mol. The summed E-state index contributed by atoms with van der Waals surface area (Å²) in [4.78, 5) is 0. The van der Waals surface area contributed by atoms with Crippen molar-refractivity contribution in [2.45, 2.75) is 194 Å². The topological polar surface area (TPSA) is 66.4 Å². The first-order chi connectivity index (χ1) is 19.0. The molecule has 0 N–H and O–H groups in total. The van der Waals surface area contributed by atoms with Crippen molar-refractivity contribution in [1.82, 2.24) is 0 Å². The van der Waals surface area contributed by atoms with Gasteiger partial charge in [0.1, 0.15) is 0 Å². The summed E-state index contributed by atoms with van der Waals surface area (Å²) in [5, 5.41) is 0. The number of hydrogen-bond donors (Lipinski definition) is 0. The van der Waals surface area contributed by atoms with E-state index in [1.165, 1.54) is 161 Å². The quantitative estimate of drug-likeness (QED) is 0.0257. The van der Waals surface area contributed by atoms with Crippen molar-refractivity contribution >= 4 is 10.4 Å². The molecule has 0 aromatic rings. The van der Waals surface area contributed by atoms with Gasteiger partial charge in [-0.3, -0.25) is 4.18 Å². The Labute approximate surface area is 273 Å². The van der Waals surface area contributed by atoms with Crippen LogP contribution in [0, 0.1) is 5.92 Å². The number of unbranched alkanes of at least 4 members (excludes halogenated alkanes) is 25. The van der Waals surface area contributed by atoms with Gasteiger partial charge in [0.2, 0.25) is 10.4 Å². The molecule has 40 heavy (non-hydrogen) atoms. The van der Waals surface area contributed by atoms with E-state index in [9.17, 15) is 13.0 Å². The maximum absolute atomic E-state index is 10.9. The van der Waals surface area contributed by atoms with Crippen molar-refractivity contribution in [3.05, 3.63) is 12.2 Å². The average Bonchev–Trinajstić information content (AvgIpc) is 2.91. The van der Waals surface area contributed by atoms with Gasteiger partial charge in [-0.15, -0.1) is 0 Å². The Balaban J connectivity index is 0. The van der Waals surface area contributed by atoms with E-state index in [1.54, 1.807) is 0 Å². The van der Waals surface area contributed by atoms with Gasteiger partial charge in [-0.2, -0.15) is 0 Å². The first-order valence-electron chi connectivity index (χ1n) is 17.3. The van der Waals surface area contributed by atoms with Crippen LogP contribution in [0.1, 0.15) is 194 Å². The molecule has 0 saturated carbocycles. The van der Waals surface area contributed by atoms with Crippen LogP contribution in [0.2, 0.25) is 0 Å². The minimum absolute atomic E-state index is 0. The molecule has 0 aliphatic carbocycles. The van der Waals surface area contributed by atoms with Crippen LogP contribution in [-0.4, -0.2) is 19.6 Å². The largest absolute Gasteiger partial charge is 1.00 e. The van der Waals surface area contributed by atoms with Gasteiger partial charge in [-0.1, -0.05) is 187 Å². The van der Waals surface area contributed by atoms with Crippen LogP contribution in [0.4, 0.5) is 0 Å². The molecule has 1 atom stereocenters. The van der Waals surface area contributed by atoms with Crippen LogP contribution in [0.25, 0.3) is 0 Å². The van der Waals surface area contributed by atoms with Gasteiger partial charge in [0.15, 0.2) is 0 Å². The summed E-state index contributed by atoms with van der Waals surface area (Å²) < 4.78 is 37.3. The van der Waals surface area contributed by atoms with Crippen molar-refractivity contribution in [1.29, 1.82) is 0 Å². The van der Waals surface area contributed by atoms with E-state index < -0.39 is 10.4 Å². The first-order valence-corrected chi connectivity index (χ1v) is 18.6. The fraction of sp³-hybridized carbons (Fsp3) is 0.941. The molecule has 4 nitrogen and oxygen atoms in total. The molecule has 0 aromatic heterocycles. The van der Waals surface area contributed by atoms with Crippen LogP contribution < -0.4 is 29.6 Å². The van der Waals surface area contributed by atoms with Crippen molar-refractivity contribution in [3.63, 3.8) is 0 Å². The van der Waals surface area contributed by atoms with Crippen molar-refractivity contribution < 1.29 is 46.7 Å². The summed E-state index contributed by atoms with van der Waals surface area (Å²) in [6.07, 6.45) is 41.0. The smallest absolute Gasteiger partial charge is 0.726 e. The molecule has 0 aromatic carbocycles. The molecule has 0 heterocycles. The van der Waals surface area contributed by atoms with Crippen LogP contribution in [0.15, 0.2) is 12.2 Å². The minimum Gasteiger partial charge on any atom is -0.726 e. The van der Waals surface area contributed by atoms with E-state index in [1.807, 2.05) is 0 Å². The summed E-state index contributed by atoms with van der Waals surface area (Å²) in [7, 11) is -4.62. The van der Waals surface area contributed by atoms with E-state index in [0.29, 0.717) is 0 Å². The second-order valence-corrected chi connectivity index (χ2v) is 13.0. The second kappa shape index (κ2) is 34.1. The van der Waals surface area contributed by atoms with Crippen LogP contribution >= 0.6 is 0 Å². The predicted octanol–water partition coefficient (Wildman–Crippen LogP) is 8.60. The van der Waals surface area contributed by atoms with Gasteiger partial charge in [0.25, 0.3) is 0 Å². The third kappa shape index (κ3) is 36.6. The molecular formula is C34H67NaO4S. The van der Waals surface area contributed by atoms with Crippen molar-refractivity contribution in [2.24, 2.45) is 5.92 Å². The Kier molecular flexibility index (Phi) is 36.4. The standard InChI is InChI=1S/C34H68O4S.Na/c1-3-5-7-9-11-13-15-16-17-18-19-20-21-22-24-26-28-30-32-34(33-38-39(35,36)37)31-29-27-25-23-14-12-10-8-6-4-2;/h29,31,34H,3-28,30,32-33H2,1-2H3,(H,35,36,37);/q;+1/p-1/b31-29+;. The molecule has 0 bridgehead atoms. The van der Waals surface area contributed by atoms with E-state index in [-0.39, 0.29) is 42.1 Å². The van der Waals surface area contributed by atoms with Gasteiger partial charge in [-0.05, 0) is 19.3 Å². The fourth-order valence-electron chi connectivity index (χ4n) is 5.40. The Morgan fingerprint density at radius 2 is 0.875 bits per heavy atom. The Morgan fingerprint density at radius 1 is 0.550 bits per heavy atom. The Bertz CT molecular complexity index is 609. The summed E-state index contributed by atoms with van der Waals surface area (Å²) in [6.45, 7) is 4.52. The van der Waals surface area contributed by atoms with E-state index in [2.05, 4.69) is 30.2 Å². The monoisotopic (exact) mass is 594 g/mol. The van der Waals surface area contributed by atoms with Crippen molar-refractivity contribution in [2.75, 3.05) is 6.61 Å². The number of rotatable bonds is 32. The van der Waals surface area contributed by atoms with E-state index in [4.69, 9.17) is 0 Å². The van der Waals surface area contributed by atoms with Gasteiger partial charge >= 0.3 is 29.6 Å². The molecule has 0 radical (unpaired) electrons. The molecule has 1 unspecified atom stereocenters. The number of hydrogen-bond acceptors (Lipinski definition) is 4. The maximum atomic E-state index is 10.9. The first kappa shape index (κ1) is 42.7. The summed E-state index contributed by atoms with van der Waals surface area (Å²) in [5.41, 5.74) is 0. The molecule has 234 valence electrons. The van der Waals surface area contributed by atoms with Gasteiger partial charge < -0.3 is 4.55 Å². The normalized spacial score (nSPS) is 12.7. The molecular weight excluding hydrogens is 527 g/mol. The molecule has 0 aliphatic rings. The van der Waals surface area contributed by atoms with Crippen molar-refractivity contribution in [3.8, 4) is 0 Å². The fourth-order valence-corrected chi connectivity index (χ4v) is 5.74. The summed E-state index contributed by atoms with van der Waals surface area (Å²) >= 11 is 0. The molecule has 6 heteroatoms. The van der Waals surface area contributed by atoms with Gasteiger partial charge in [-0.25, -0.2) is 8.42 Å². The summed E-state index contributed by atoms with van der Waals surface area (Å²) in [6, 6.07) is 0. The zero-order valence-corrected chi connectivity index (χ0v) is 30.1. The third-order valence-corrected chi connectivity index (χ3v) is 8.41. The zero-order chi connectivity index (χ0) is 28.7. The molecule has 0 rings (SSSR count). The number of allylic oxidation sites excluding steroid dienone is 1. The second-order valence-electron chi connectivity index (χ2n) is 11.9. The molecule has 0 spiro atoms. The minimum atomic E-state index is -4.62. The molecule has 0 saturated heterocycles. The summed E-state index contributed by atoms with van der Waals surface area (Å²) in [5.74, 6) is 0.0174. The van der Waals surface area contributed by atoms with Gasteiger partial charge in [0, 0.05) is 5.92 Å². The third-order valence-electron chi connectivity index (χ3n) is 7.99. The molecule has 0 aliphatic heterocycles. The van der Waals surface area contributed by atoms with Crippen LogP contribution in [0.5, 0.6) is 0 Å². The zero-order valence-electron chi connectivity index (χ0n) is 27.3. The Hall–Kier alpha value is 0.610. The Morgan fingerprint density at radius 3 is 1.23 bits per heavy atom. The van der Waals surface area contributed by atoms with E-state index >= 15 is 0 Å². The SMILES string of the molecule is CCCCCCCCCC/C=C/C(CCCCCCCCCCCCCCCCCCCC)COS(=O)(=O)[O-].[Na+]. The molecule has 0 amide bonds. The van der Waals surface area contributed by atoms with E-state index in [0.717, 1.165) is 19.3 Å². The molecule has 0 fully saturated rings.